The summed E-state index contributed by atoms with van der Waals surface area (Å²) in [5, 5.41) is 9.12. The summed E-state index contributed by atoms with van der Waals surface area (Å²) in [7, 11) is 1.54. The van der Waals surface area contributed by atoms with Crippen molar-refractivity contribution in [2.45, 2.75) is 38.1 Å². The van der Waals surface area contributed by atoms with Crippen LogP contribution in [-0.4, -0.2) is 67.9 Å². The van der Waals surface area contributed by atoms with Gasteiger partial charge in [-0.25, -0.2) is 4.79 Å². The van der Waals surface area contributed by atoms with Crippen molar-refractivity contribution in [2.24, 2.45) is 5.41 Å². The highest BCUT2D eigenvalue weighted by Crippen LogP contribution is 2.43. The van der Waals surface area contributed by atoms with E-state index in [0.29, 0.717) is 17.6 Å². The van der Waals surface area contributed by atoms with Gasteiger partial charge in [0.2, 0.25) is 5.91 Å². The first-order valence-corrected chi connectivity index (χ1v) is 10.2. The number of hydrogen-bond acceptors (Lipinski definition) is 4. The van der Waals surface area contributed by atoms with Gasteiger partial charge in [-0.15, -0.1) is 0 Å². The summed E-state index contributed by atoms with van der Waals surface area (Å²) < 4.78 is 5.46. The standard InChI is InChI=1S/C21H29N3O4/c1-22(20(26)27)16-3-5-17(6-4-16)23-11-2-9-21(15-23)10-12-24(19(21)25)18-7-13-28-14-8-18/h3-6,18H,2,7-15H2,1H3,(H,26,27)/t21-/m0/s1. The summed E-state index contributed by atoms with van der Waals surface area (Å²) in [6.45, 7) is 4.05. The van der Waals surface area contributed by atoms with Crippen LogP contribution in [0.1, 0.15) is 32.1 Å². The average Bonchev–Trinajstić information content (AvgIpc) is 3.03. The number of nitrogens with zero attached hydrogens (tertiary/aromatic N) is 3. The Morgan fingerprint density at radius 1 is 1.18 bits per heavy atom. The van der Waals surface area contributed by atoms with Crippen molar-refractivity contribution < 1.29 is 19.4 Å². The highest BCUT2D eigenvalue weighted by atomic mass is 16.5. The van der Waals surface area contributed by atoms with E-state index in [1.165, 1.54) is 11.9 Å². The topological polar surface area (TPSA) is 73.3 Å². The Morgan fingerprint density at radius 3 is 2.57 bits per heavy atom. The van der Waals surface area contributed by atoms with Gasteiger partial charge in [-0.2, -0.15) is 0 Å². The number of ether oxygens (including phenoxy) is 1. The molecule has 0 bridgehead atoms. The van der Waals surface area contributed by atoms with Gasteiger partial charge in [0, 0.05) is 57.3 Å². The van der Waals surface area contributed by atoms with Crippen LogP contribution in [0.25, 0.3) is 0 Å². The van der Waals surface area contributed by atoms with Crippen molar-refractivity contribution in [1.82, 2.24) is 4.90 Å². The van der Waals surface area contributed by atoms with Crippen LogP contribution in [-0.2, 0) is 9.53 Å². The molecule has 2 amide bonds. The molecule has 3 aliphatic heterocycles. The molecule has 152 valence electrons. The van der Waals surface area contributed by atoms with Crippen molar-refractivity contribution in [1.29, 1.82) is 0 Å². The Bertz CT molecular complexity index is 732. The van der Waals surface area contributed by atoms with Gasteiger partial charge in [-0.1, -0.05) is 0 Å². The number of carbonyl (C=O) groups excluding carboxylic acids is 1. The summed E-state index contributed by atoms with van der Waals surface area (Å²) in [6.07, 6.45) is 3.81. The number of piperidine rings is 1. The molecule has 1 atom stereocenters. The molecule has 0 saturated carbocycles. The molecule has 1 spiro atoms. The van der Waals surface area contributed by atoms with Gasteiger partial charge in [-0.3, -0.25) is 9.69 Å². The summed E-state index contributed by atoms with van der Waals surface area (Å²) >= 11 is 0. The van der Waals surface area contributed by atoms with Gasteiger partial charge < -0.3 is 19.6 Å². The second-order valence-corrected chi connectivity index (χ2v) is 8.26. The highest BCUT2D eigenvalue weighted by molar-refractivity contribution is 5.87. The molecule has 3 heterocycles. The zero-order valence-corrected chi connectivity index (χ0v) is 16.5. The van der Waals surface area contributed by atoms with Crippen molar-refractivity contribution >= 4 is 23.4 Å². The van der Waals surface area contributed by atoms with E-state index in [1.54, 1.807) is 0 Å². The Hall–Kier alpha value is -2.28. The average molecular weight is 387 g/mol. The molecular weight excluding hydrogens is 358 g/mol. The number of carboxylic acid groups (broad SMARTS) is 1. The number of amides is 2. The van der Waals surface area contributed by atoms with Crippen LogP contribution in [0.3, 0.4) is 0 Å². The predicted octanol–water partition coefficient (Wildman–Crippen LogP) is 2.80. The van der Waals surface area contributed by atoms with Crippen LogP contribution in [0.15, 0.2) is 24.3 Å². The molecule has 0 aromatic heterocycles. The van der Waals surface area contributed by atoms with Crippen LogP contribution in [0.4, 0.5) is 16.2 Å². The van der Waals surface area contributed by atoms with E-state index in [2.05, 4.69) is 9.80 Å². The van der Waals surface area contributed by atoms with E-state index in [-0.39, 0.29) is 5.41 Å². The third kappa shape index (κ3) is 3.43. The Balaban J connectivity index is 1.47. The fourth-order valence-electron chi connectivity index (χ4n) is 4.92. The molecule has 1 aromatic carbocycles. The van der Waals surface area contributed by atoms with E-state index in [4.69, 9.17) is 9.84 Å². The first kappa shape index (κ1) is 19.1. The molecule has 0 aliphatic carbocycles. The lowest BCUT2D eigenvalue weighted by Crippen LogP contribution is -2.50. The van der Waals surface area contributed by atoms with E-state index in [1.807, 2.05) is 24.3 Å². The van der Waals surface area contributed by atoms with Crippen molar-refractivity contribution in [3.05, 3.63) is 24.3 Å². The third-order valence-corrected chi connectivity index (χ3v) is 6.64. The monoisotopic (exact) mass is 387 g/mol. The number of hydrogen-bond donors (Lipinski definition) is 1. The van der Waals surface area contributed by atoms with Crippen LogP contribution in [0.2, 0.25) is 0 Å². The van der Waals surface area contributed by atoms with E-state index < -0.39 is 6.09 Å². The molecule has 3 fully saturated rings. The molecule has 7 heteroatoms. The molecule has 3 saturated heterocycles. The van der Waals surface area contributed by atoms with Crippen LogP contribution >= 0.6 is 0 Å². The second-order valence-electron chi connectivity index (χ2n) is 8.26. The minimum Gasteiger partial charge on any atom is -0.465 e. The summed E-state index contributed by atoms with van der Waals surface area (Å²) in [4.78, 5) is 30.1. The maximum Gasteiger partial charge on any atom is 0.411 e. The summed E-state index contributed by atoms with van der Waals surface area (Å²) in [5.41, 5.74) is 1.43. The maximum absolute atomic E-state index is 13.4. The minimum absolute atomic E-state index is 0.271. The quantitative estimate of drug-likeness (QED) is 0.863. The van der Waals surface area contributed by atoms with Gasteiger partial charge in [0.15, 0.2) is 0 Å². The molecule has 4 rings (SSSR count). The first-order chi connectivity index (χ1) is 13.5. The lowest BCUT2D eigenvalue weighted by atomic mass is 9.78. The fourth-order valence-corrected chi connectivity index (χ4v) is 4.92. The highest BCUT2D eigenvalue weighted by Gasteiger charge is 2.50. The van der Waals surface area contributed by atoms with E-state index in [0.717, 1.165) is 70.6 Å². The van der Waals surface area contributed by atoms with Gasteiger partial charge in [0.05, 0.1) is 5.41 Å². The molecule has 3 aliphatic rings. The molecule has 0 radical (unpaired) electrons. The van der Waals surface area contributed by atoms with Crippen LogP contribution < -0.4 is 9.80 Å². The minimum atomic E-state index is -0.977. The number of carbonyl (C=O) groups is 2. The number of rotatable bonds is 3. The van der Waals surface area contributed by atoms with Crippen molar-refractivity contribution in [3.63, 3.8) is 0 Å². The lowest BCUT2D eigenvalue weighted by molar-refractivity contribution is -0.139. The summed E-state index contributed by atoms with van der Waals surface area (Å²) in [6, 6.07) is 7.92. The molecule has 7 nitrogen and oxygen atoms in total. The zero-order chi connectivity index (χ0) is 19.7. The second kappa shape index (κ2) is 7.62. The smallest absolute Gasteiger partial charge is 0.411 e. The van der Waals surface area contributed by atoms with Crippen molar-refractivity contribution in [2.75, 3.05) is 49.7 Å². The number of anilines is 2. The largest absolute Gasteiger partial charge is 0.465 e. The molecule has 1 N–H and O–H groups in total. The van der Waals surface area contributed by atoms with E-state index in [9.17, 15) is 9.59 Å². The first-order valence-electron chi connectivity index (χ1n) is 10.2. The molecular formula is C21H29N3O4. The Morgan fingerprint density at radius 2 is 1.89 bits per heavy atom. The third-order valence-electron chi connectivity index (χ3n) is 6.64. The predicted molar refractivity (Wildman–Crippen MR) is 107 cm³/mol. The normalized spacial score (nSPS) is 26.1. The number of likely N-dealkylation sites (tertiary alicyclic amines) is 1. The van der Waals surface area contributed by atoms with E-state index >= 15 is 0 Å². The fraction of sp³-hybridized carbons (Fsp3) is 0.619. The van der Waals surface area contributed by atoms with Gasteiger partial charge in [0.1, 0.15) is 0 Å². The summed E-state index contributed by atoms with van der Waals surface area (Å²) in [5.74, 6) is 0.325. The Kier molecular flexibility index (Phi) is 5.19. The van der Waals surface area contributed by atoms with Crippen LogP contribution in [0.5, 0.6) is 0 Å². The van der Waals surface area contributed by atoms with Gasteiger partial charge in [-0.05, 0) is 56.4 Å². The zero-order valence-electron chi connectivity index (χ0n) is 16.5. The maximum atomic E-state index is 13.4. The molecule has 1 aromatic rings. The van der Waals surface area contributed by atoms with Crippen molar-refractivity contribution in [3.8, 4) is 0 Å². The Labute approximate surface area is 165 Å². The lowest BCUT2D eigenvalue weighted by Gasteiger charge is -2.41. The molecule has 28 heavy (non-hydrogen) atoms. The van der Waals surface area contributed by atoms with Gasteiger partial charge >= 0.3 is 6.09 Å². The van der Waals surface area contributed by atoms with Gasteiger partial charge in [0.25, 0.3) is 0 Å². The number of benzene rings is 1. The van der Waals surface area contributed by atoms with Crippen LogP contribution in [0, 0.1) is 5.41 Å². The molecule has 0 unspecified atom stereocenters. The SMILES string of the molecule is CN(C(=O)O)c1ccc(N2CCC[C@]3(CCN(C4CCOCC4)C3=O)C2)cc1.